The molecule has 0 aliphatic heterocycles. The molecule has 4 saturated carbocycles. The van der Waals surface area contributed by atoms with Crippen molar-refractivity contribution in [2.24, 2.45) is 35.3 Å². The van der Waals surface area contributed by atoms with Gasteiger partial charge in [-0.3, -0.25) is 0 Å². The van der Waals surface area contributed by atoms with Crippen LogP contribution in [0.25, 0.3) is 0 Å². The molecule has 104 valence electrons. The molecule has 1 unspecified atom stereocenters. The van der Waals surface area contributed by atoms with E-state index in [1.807, 2.05) is 0 Å². The van der Waals surface area contributed by atoms with Gasteiger partial charge >= 0.3 is 0 Å². The fourth-order valence-corrected chi connectivity index (χ4v) is 5.54. The Morgan fingerprint density at radius 2 is 1.84 bits per heavy atom. The maximum absolute atomic E-state index is 5.64. The maximum atomic E-state index is 5.64. The summed E-state index contributed by atoms with van der Waals surface area (Å²) in [5.74, 6) is 4.79. The van der Waals surface area contributed by atoms with Crippen LogP contribution in [0.2, 0.25) is 0 Å². The second-order valence-corrected chi connectivity index (χ2v) is 7.14. The number of hydrogen-bond donors (Lipinski definition) is 1. The van der Waals surface area contributed by atoms with Gasteiger partial charge in [0.05, 0.1) is 17.9 Å². The Morgan fingerprint density at radius 1 is 1.21 bits per heavy atom. The van der Waals surface area contributed by atoms with E-state index < -0.39 is 0 Å². The van der Waals surface area contributed by atoms with Crippen LogP contribution in [0.15, 0.2) is 6.20 Å². The van der Waals surface area contributed by atoms with Gasteiger partial charge in [0.25, 0.3) is 0 Å². The van der Waals surface area contributed by atoms with Crippen LogP contribution < -0.4 is 5.73 Å². The molecule has 4 bridgehead atoms. The molecule has 19 heavy (non-hydrogen) atoms. The Kier molecular flexibility index (Phi) is 2.69. The highest BCUT2D eigenvalue weighted by atomic mass is 15.4. The van der Waals surface area contributed by atoms with Crippen LogP contribution in [0.4, 0.5) is 0 Å². The molecule has 5 rings (SSSR count). The molecule has 1 aromatic rings. The molecule has 1 atom stereocenters. The monoisotopic (exact) mass is 260 g/mol. The first-order valence-electron chi connectivity index (χ1n) is 7.85. The lowest BCUT2D eigenvalue weighted by Gasteiger charge is -2.56. The summed E-state index contributed by atoms with van der Waals surface area (Å²) >= 11 is 0. The Hall–Kier alpha value is -0.900. The van der Waals surface area contributed by atoms with Gasteiger partial charge in [-0.25, -0.2) is 4.68 Å². The molecule has 4 fully saturated rings. The van der Waals surface area contributed by atoms with Gasteiger partial charge in [-0.15, -0.1) is 5.10 Å². The van der Waals surface area contributed by atoms with Crippen molar-refractivity contribution in [1.29, 1.82) is 0 Å². The summed E-state index contributed by atoms with van der Waals surface area (Å²) in [4.78, 5) is 0. The van der Waals surface area contributed by atoms with Crippen molar-refractivity contribution in [3.8, 4) is 0 Å². The van der Waals surface area contributed by atoms with Crippen molar-refractivity contribution in [2.75, 3.05) is 0 Å². The first kappa shape index (κ1) is 11.9. The zero-order valence-corrected chi connectivity index (χ0v) is 11.7. The fourth-order valence-electron chi connectivity index (χ4n) is 5.54. The lowest BCUT2D eigenvalue weighted by Crippen LogP contribution is -2.47. The molecule has 0 aromatic carbocycles. The highest BCUT2D eigenvalue weighted by Crippen LogP contribution is 2.58. The van der Waals surface area contributed by atoms with Gasteiger partial charge in [-0.05, 0) is 68.6 Å². The first-order chi connectivity index (χ1) is 9.24. The molecule has 4 aliphatic rings. The number of nitrogens with two attached hydrogens (primary N) is 1. The summed E-state index contributed by atoms with van der Waals surface area (Å²) in [7, 11) is 0. The molecule has 4 nitrogen and oxygen atoms in total. The largest absolute Gasteiger partial charge is 0.325 e. The average molecular weight is 260 g/mol. The van der Waals surface area contributed by atoms with Gasteiger partial charge in [-0.1, -0.05) is 5.21 Å². The third-order valence-electron chi connectivity index (χ3n) is 6.04. The lowest BCUT2D eigenvalue weighted by molar-refractivity contribution is -0.0573. The van der Waals surface area contributed by atoms with E-state index in [1.165, 1.54) is 32.1 Å². The molecule has 0 saturated heterocycles. The summed E-state index contributed by atoms with van der Waals surface area (Å²) in [5.41, 5.74) is 6.55. The first-order valence-corrected chi connectivity index (χ1v) is 7.85. The summed E-state index contributed by atoms with van der Waals surface area (Å²) in [6.45, 7) is 2.83. The van der Waals surface area contributed by atoms with Gasteiger partial charge in [0.15, 0.2) is 0 Å². The standard InChI is InChI=1S/C15H24N4/c1-9(19-8-14(7-16)17-18-19)15-12-3-10-2-11(5-12)6-13(15)4-10/h8-13,15H,2-7,16H2,1H3. The predicted octanol–water partition coefficient (Wildman–Crippen LogP) is 2.37. The van der Waals surface area contributed by atoms with Crippen LogP contribution in [-0.4, -0.2) is 15.0 Å². The van der Waals surface area contributed by atoms with Crippen LogP contribution in [0.1, 0.15) is 50.8 Å². The van der Waals surface area contributed by atoms with E-state index in [0.717, 1.165) is 35.3 Å². The van der Waals surface area contributed by atoms with Crippen molar-refractivity contribution in [2.45, 2.75) is 51.6 Å². The SMILES string of the molecule is CC(C1C2CC3CC(C2)CC1C3)n1cc(CN)nn1. The number of hydrogen-bond acceptors (Lipinski definition) is 3. The van der Waals surface area contributed by atoms with E-state index in [2.05, 4.69) is 28.1 Å². The summed E-state index contributed by atoms with van der Waals surface area (Å²) in [6, 6.07) is 0.489. The van der Waals surface area contributed by atoms with Crippen molar-refractivity contribution in [3.63, 3.8) is 0 Å². The average Bonchev–Trinajstić information content (AvgIpc) is 2.86. The normalized spacial score (nSPS) is 41.7. The number of rotatable bonds is 3. The fraction of sp³-hybridized carbons (Fsp3) is 0.867. The molecule has 4 aliphatic carbocycles. The van der Waals surface area contributed by atoms with Crippen molar-refractivity contribution in [1.82, 2.24) is 15.0 Å². The molecule has 1 heterocycles. The lowest BCUT2D eigenvalue weighted by atomic mass is 9.50. The smallest absolute Gasteiger partial charge is 0.0962 e. The van der Waals surface area contributed by atoms with Crippen LogP contribution >= 0.6 is 0 Å². The predicted molar refractivity (Wildman–Crippen MR) is 73.2 cm³/mol. The van der Waals surface area contributed by atoms with E-state index in [4.69, 9.17) is 5.73 Å². The van der Waals surface area contributed by atoms with Crippen molar-refractivity contribution < 1.29 is 0 Å². The second-order valence-electron chi connectivity index (χ2n) is 7.14. The third kappa shape index (κ3) is 1.83. The Morgan fingerprint density at radius 3 is 2.37 bits per heavy atom. The van der Waals surface area contributed by atoms with E-state index in [9.17, 15) is 0 Å². The van der Waals surface area contributed by atoms with E-state index in [1.54, 1.807) is 0 Å². The second kappa shape index (κ2) is 4.30. The van der Waals surface area contributed by atoms with Crippen LogP contribution in [0.5, 0.6) is 0 Å². The molecule has 0 amide bonds. The minimum atomic E-state index is 0.489. The van der Waals surface area contributed by atoms with E-state index in [0.29, 0.717) is 12.6 Å². The molecule has 0 radical (unpaired) electrons. The van der Waals surface area contributed by atoms with E-state index in [-0.39, 0.29) is 0 Å². The quantitative estimate of drug-likeness (QED) is 0.907. The Bertz CT molecular complexity index is 438. The third-order valence-corrected chi connectivity index (χ3v) is 6.04. The highest BCUT2D eigenvalue weighted by molar-refractivity contribution is 5.01. The molecule has 4 heteroatoms. The van der Waals surface area contributed by atoms with Gasteiger partial charge in [0.2, 0.25) is 0 Å². The zero-order valence-electron chi connectivity index (χ0n) is 11.7. The minimum Gasteiger partial charge on any atom is -0.325 e. The van der Waals surface area contributed by atoms with E-state index >= 15 is 0 Å². The highest BCUT2D eigenvalue weighted by Gasteiger charge is 2.50. The molecule has 2 N–H and O–H groups in total. The van der Waals surface area contributed by atoms with Gasteiger partial charge in [-0.2, -0.15) is 0 Å². The number of nitrogens with zero attached hydrogens (tertiary/aromatic N) is 3. The van der Waals surface area contributed by atoms with Crippen LogP contribution in [0.3, 0.4) is 0 Å². The van der Waals surface area contributed by atoms with Crippen LogP contribution in [-0.2, 0) is 6.54 Å². The molecular formula is C15H24N4. The summed E-state index contributed by atoms with van der Waals surface area (Å²) in [6.07, 6.45) is 9.46. The molecule has 1 aromatic heterocycles. The number of aromatic nitrogens is 3. The van der Waals surface area contributed by atoms with Gasteiger partial charge < -0.3 is 5.73 Å². The summed E-state index contributed by atoms with van der Waals surface area (Å²) in [5, 5.41) is 8.46. The Balaban J connectivity index is 1.58. The zero-order chi connectivity index (χ0) is 13.0. The molecular weight excluding hydrogens is 236 g/mol. The van der Waals surface area contributed by atoms with Crippen molar-refractivity contribution in [3.05, 3.63) is 11.9 Å². The molecule has 0 spiro atoms. The van der Waals surface area contributed by atoms with Gasteiger partial charge in [0, 0.05) is 6.54 Å². The Labute approximate surface area is 114 Å². The van der Waals surface area contributed by atoms with Gasteiger partial charge in [0.1, 0.15) is 0 Å². The van der Waals surface area contributed by atoms with Crippen molar-refractivity contribution >= 4 is 0 Å². The van der Waals surface area contributed by atoms with Crippen LogP contribution in [0, 0.1) is 29.6 Å². The summed E-state index contributed by atoms with van der Waals surface area (Å²) < 4.78 is 2.08. The minimum absolute atomic E-state index is 0.489. The topological polar surface area (TPSA) is 56.7 Å². The maximum Gasteiger partial charge on any atom is 0.0962 e.